The largest absolute Gasteiger partial charge is 0.454 e. The van der Waals surface area contributed by atoms with E-state index in [1.807, 2.05) is 6.08 Å². The summed E-state index contributed by atoms with van der Waals surface area (Å²) >= 11 is 0. The number of esters is 1. The Bertz CT molecular complexity index is 1200. The molecule has 1 amide bonds. The third kappa shape index (κ3) is 34.5. The van der Waals surface area contributed by atoms with Gasteiger partial charge in [0.05, 0.1) is 25.4 Å². The normalized spacial score (nSPS) is 20.0. The molecule has 1 fully saturated rings. The summed E-state index contributed by atoms with van der Waals surface area (Å²) in [4.78, 5) is 26.4. The van der Waals surface area contributed by atoms with Crippen LogP contribution in [-0.4, -0.2) is 99.6 Å². The van der Waals surface area contributed by atoms with E-state index in [9.17, 15) is 35.1 Å². The molecule has 6 N–H and O–H groups in total. The topological polar surface area (TPSA) is 175 Å². The van der Waals surface area contributed by atoms with Crippen LogP contribution in [0, 0.1) is 0 Å². The highest BCUT2D eigenvalue weighted by Crippen LogP contribution is 2.26. The van der Waals surface area contributed by atoms with Crippen LogP contribution in [0.15, 0.2) is 24.3 Å². The molecule has 0 aliphatic carbocycles. The summed E-state index contributed by atoms with van der Waals surface area (Å²) < 4.78 is 17.5. The van der Waals surface area contributed by atoms with E-state index in [1.54, 1.807) is 6.08 Å². The van der Waals surface area contributed by atoms with Crippen LogP contribution in [0.4, 0.5) is 0 Å². The molecule has 8 atom stereocenters. The molecule has 1 heterocycles. The van der Waals surface area contributed by atoms with Gasteiger partial charge in [0.2, 0.25) is 5.91 Å². The first kappa shape index (κ1) is 64.2. The molecule has 1 rings (SSSR count). The van der Waals surface area contributed by atoms with Gasteiger partial charge < -0.3 is 45.1 Å². The lowest BCUT2D eigenvalue weighted by atomic mass is 9.99. The highest BCUT2D eigenvalue weighted by atomic mass is 16.7. The monoisotopic (exact) mass is 966 g/mol. The molecule has 11 heteroatoms. The predicted molar refractivity (Wildman–Crippen MR) is 278 cm³/mol. The molecule has 400 valence electrons. The van der Waals surface area contributed by atoms with Gasteiger partial charge in [-0.1, -0.05) is 238 Å². The second-order valence-electron chi connectivity index (χ2n) is 20.0. The molecule has 1 aliphatic rings. The number of aliphatic hydroxyl groups excluding tert-OH is 5. The van der Waals surface area contributed by atoms with Crippen molar-refractivity contribution in [3.63, 3.8) is 0 Å². The summed E-state index contributed by atoms with van der Waals surface area (Å²) in [6.45, 7) is 5.74. The first-order chi connectivity index (χ1) is 33.2. The lowest BCUT2D eigenvalue weighted by molar-refractivity contribution is -0.305. The minimum atomic E-state index is -1.61. The van der Waals surface area contributed by atoms with E-state index in [2.05, 4.69) is 38.2 Å². The predicted octanol–water partition coefficient (Wildman–Crippen LogP) is 12.6. The molecule has 0 aromatic carbocycles. The Hall–Kier alpha value is -1.86. The number of allylic oxidation sites excluding steroid dienone is 3. The fraction of sp³-hybridized carbons (Fsp3) is 0.895. The minimum Gasteiger partial charge on any atom is -0.454 e. The van der Waals surface area contributed by atoms with Crippen LogP contribution in [0.3, 0.4) is 0 Å². The maximum absolute atomic E-state index is 13.4. The zero-order valence-electron chi connectivity index (χ0n) is 44.0. The number of nitrogens with one attached hydrogen (secondary N) is 1. The van der Waals surface area contributed by atoms with Gasteiger partial charge in [0.15, 0.2) is 12.4 Å². The van der Waals surface area contributed by atoms with Gasteiger partial charge in [-0.25, -0.2) is 0 Å². The Kier molecular flexibility index (Phi) is 43.6. The highest BCUT2D eigenvalue weighted by Gasteiger charge is 2.47. The van der Waals surface area contributed by atoms with Crippen LogP contribution in [0.25, 0.3) is 0 Å². The Labute approximate surface area is 416 Å². The van der Waals surface area contributed by atoms with E-state index >= 15 is 0 Å². The van der Waals surface area contributed by atoms with Crippen molar-refractivity contribution in [1.82, 2.24) is 5.32 Å². The van der Waals surface area contributed by atoms with Gasteiger partial charge in [0.1, 0.15) is 24.4 Å². The molecule has 8 unspecified atom stereocenters. The number of ether oxygens (including phenoxy) is 3. The molecule has 0 aromatic rings. The summed E-state index contributed by atoms with van der Waals surface area (Å²) in [5, 5.41) is 56.7. The number of amides is 1. The first-order valence-corrected chi connectivity index (χ1v) is 28.6. The van der Waals surface area contributed by atoms with E-state index in [-0.39, 0.29) is 13.0 Å². The fourth-order valence-electron chi connectivity index (χ4n) is 8.99. The standard InChI is InChI=1S/C57H107NO10/c1-4-7-10-13-16-19-22-24-25-26-27-30-32-35-38-41-44-50(61)56(65)58-48(49(60)43-40-37-34-31-29-23-20-17-14-11-8-5-2)47-66-57-55(54(64)53(63)51(46-59)67-57)68-52(62)45-42-39-36-33-28-21-18-15-12-9-6-3/h15,18,40,43,48-51,53-55,57,59-61,63-64H,4-14,16-17,19-39,41-42,44-47H2,1-3H3,(H,58,65)/b18-15-,43-40+. The number of hydrogen-bond donors (Lipinski definition) is 6. The second kappa shape index (κ2) is 46.2. The maximum atomic E-state index is 13.4. The smallest absolute Gasteiger partial charge is 0.306 e. The van der Waals surface area contributed by atoms with E-state index in [4.69, 9.17) is 14.2 Å². The molecule has 0 spiro atoms. The van der Waals surface area contributed by atoms with Crippen molar-refractivity contribution in [2.24, 2.45) is 0 Å². The van der Waals surface area contributed by atoms with Gasteiger partial charge in [-0.3, -0.25) is 9.59 Å². The van der Waals surface area contributed by atoms with E-state index < -0.39 is 67.4 Å². The molecule has 0 bridgehead atoms. The molecule has 0 aromatic heterocycles. The van der Waals surface area contributed by atoms with Crippen molar-refractivity contribution in [3.05, 3.63) is 24.3 Å². The summed E-state index contributed by atoms with van der Waals surface area (Å²) in [5.41, 5.74) is 0. The molecule has 11 nitrogen and oxygen atoms in total. The lowest BCUT2D eigenvalue weighted by Gasteiger charge is -2.41. The van der Waals surface area contributed by atoms with Gasteiger partial charge in [-0.2, -0.15) is 0 Å². The van der Waals surface area contributed by atoms with Gasteiger partial charge in [0, 0.05) is 6.42 Å². The Balaban J connectivity index is 2.72. The summed E-state index contributed by atoms with van der Waals surface area (Å²) in [6, 6.07) is -1.02. The van der Waals surface area contributed by atoms with Crippen LogP contribution in [0.5, 0.6) is 0 Å². The maximum Gasteiger partial charge on any atom is 0.306 e. The second-order valence-corrected chi connectivity index (χ2v) is 20.0. The van der Waals surface area contributed by atoms with Crippen LogP contribution in [-0.2, 0) is 23.8 Å². The van der Waals surface area contributed by atoms with Crippen LogP contribution in [0.1, 0.15) is 265 Å². The van der Waals surface area contributed by atoms with Gasteiger partial charge in [-0.15, -0.1) is 0 Å². The zero-order chi connectivity index (χ0) is 49.7. The van der Waals surface area contributed by atoms with Crippen molar-refractivity contribution in [3.8, 4) is 0 Å². The first-order valence-electron chi connectivity index (χ1n) is 28.6. The summed E-state index contributed by atoms with van der Waals surface area (Å²) in [6.07, 6.45) is 40.8. The quantitative estimate of drug-likeness (QED) is 0.0196. The minimum absolute atomic E-state index is 0.116. The Morgan fingerprint density at radius 3 is 1.47 bits per heavy atom. The number of carbonyl (C=O) groups is 2. The van der Waals surface area contributed by atoms with Crippen LogP contribution >= 0.6 is 0 Å². The number of unbranched alkanes of at least 4 members (excludes halogenated alkanes) is 32. The Morgan fingerprint density at radius 2 is 0.985 bits per heavy atom. The third-order valence-corrected chi connectivity index (χ3v) is 13.6. The van der Waals surface area contributed by atoms with Crippen LogP contribution < -0.4 is 5.32 Å². The third-order valence-electron chi connectivity index (χ3n) is 13.6. The van der Waals surface area contributed by atoms with Gasteiger partial charge in [0.25, 0.3) is 0 Å². The molecule has 1 saturated heterocycles. The number of rotatable bonds is 48. The molecular weight excluding hydrogens is 859 g/mol. The number of carbonyl (C=O) groups excluding carboxylic acids is 2. The van der Waals surface area contributed by atoms with E-state index in [0.717, 1.165) is 77.0 Å². The molecule has 0 radical (unpaired) electrons. The number of aliphatic hydroxyl groups is 5. The van der Waals surface area contributed by atoms with Crippen molar-refractivity contribution < 1.29 is 49.3 Å². The zero-order valence-corrected chi connectivity index (χ0v) is 44.0. The Morgan fingerprint density at radius 1 is 0.559 bits per heavy atom. The lowest BCUT2D eigenvalue weighted by Crippen LogP contribution is -2.61. The summed E-state index contributed by atoms with van der Waals surface area (Å²) in [7, 11) is 0. The van der Waals surface area contributed by atoms with Crippen molar-refractivity contribution >= 4 is 11.9 Å². The fourth-order valence-corrected chi connectivity index (χ4v) is 8.99. The average molecular weight is 966 g/mol. The molecular formula is C57H107NO10. The van der Waals surface area contributed by atoms with Crippen molar-refractivity contribution in [1.29, 1.82) is 0 Å². The molecule has 1 aliphatic heterocycles. The SMILES string of the molecule is CCCC/C=C\CCCCCCCC(=O)OC1C(OCC(NC(=O)C(O)CCCCCCCCCCCCCCCCCC)C(O)/C=C/CCCCCCCCCCCC)OC(CO)C(O)C1O. The average Bonchev–Trinajstić information content (AvgIpc) is 3.33. The van der Waals surface area contributed by atoms with E-state index in [1.165, 1.54) is 141 Å². The summed E-state index contributed by atoms with van der Waals surface area (Å²) in [5.74, 6) is -1.20. The highest BCUT2D eigenvalue weighted by molar-refractivity contribution is 5.80. The van der Waals surface area contributed by atoms with Gasteiger partial charge in [-0.05, 0) is 44.9 Å². The van der Waals surface area contributed by atoms with Crippen LogP contribution in [0.2, 0.25) is 0 Å². The van der Waals surface area contributed by atoms with Crippen molar-refractivity contribution in [2.75, 3.05) is 13.2 Å². The van der Waals surface area contributed by atoms with E-state index in [0.29, 0.717) is 19.3 Å². The number of hydrogen-bond acceptors (Lipinski definition) is 10. The molecule has 68 heavy (non-hydrogen) atoms. The van der Waals surface area contributed by atoms with Crippen molar-refractivity contribution in [2.45, 2.75) is 314 Å². The van der Waals surface area contributed by atoms with Gasteiger partial charge >= 0.3 is 5.97 Å². The molecule has 0 saturated carbocycles.